The molecule has 3 rings (SSSR count). The lowest BCUT2D eigenvalue weighted by Crippen LogP contribution is -2.43. The number of nitrogens with zero attached hydrogens (tertiary/aromatic N) is 3. The van der Waals surface area contributed by atoms with Gasteiger partial charge >= 0.3 is 6.18 Å². The first-order chi connectivity index (χ1) is 10.7. The summed E-state index contributed by atoms with van der Waals surface area (Å²) in [6.07, 6.45) is -2.92. The molecule has 23 heavy (non-hydrogen) atoms. The Morgan fingerprint density at radius 2 is 2.04 bits per heavy atom. The lowest BCUT2D eigenvalue weighted by Gasteiger charge is -2.32. The van der Waals surface area contributed by atoms with E-state index >= 15 is 0 Å². The molecule has 2 aromatic rings. The van der Waals surface area contributed by atoms with Gasteiger partial charge in [-0.05, 0) is 32.0 Å². The van der Waals surface area contributed by atoms with Crippen molar-refractivity contribution in [2.45, 2.75) is 26.1 Å². The van der Waals surface area contributed by atoms with Crippen LogP contribution in [0.1, 0.15) is 34.6 Å². The van der Waals surface area contributed by atoms with Crippen LogP contribution in [0, 0.1) is 6.92 Å². The van der Waals surface area contributed by atoms with Gasteiger partial charge in [0, 0.05) is 17.8 Å². The van der Waals surface area contributed by atoms with E-state index in [1.165, 1.54) is 17.0 Å². The average Bonchev–Trinajstić information content (AvgIpc) is 2.84. The van der Waals surface area contributed by atoms with Gasteiger partial charge in [-0.1, -0.05) is 11.6 Å². The molecule has 0 N–H and O–H groups in total. The Morgan fingerprint density at radius 3 is 2.65 bits per heavy atom. The maximum absolute atomic E-state index is 12.8. The van der Waals surface area contributed by atoms with Gasteiger partial charge in [-0.25, -0.2) is 0 Å². The molecule has 0 saturated carbocycles. The Hall–Kier alpha value is -2.02. The van der Waals surface area contributed by atoms with E-state index in [1.54, 1.807) is 17.8 Å². The molecule has 4 nitrogen and oxygen atoms in total. The summed E-state index contributed by atoms with van der Waals surface area (Å²) in [5, 5.41) is 3.75. The molecular weight excluding hydrogens is 331 g/mol. The number of alkyl halides is 3. The molecule has 1 aromatic carbocycles. The average molecular weight is 344 g/mol. The number of aryl methyl sites for hydroxylation is 1. The first-order valence-electron chi connectivity index (χ1n) is 6.93. The molecular formula is C15H13ClF3N3O. The molecule has 0 radical (unpaired) electrons. The molecule has 1 aromatic heterocycles. The molecule has 0 bridgehead atoms. The molecule has 1 atom stereocenters. The molecule has 0 aliphatic carbocycles. The number of halogens is 4. The van der Waals surface area contributed by atoms with E-state index in [4.69, 9.17) is 11.6 Å². The Balaban J connectivity index is 2.02. The van der Waals surface area contributed by atoms with Crippen molar-refractivity contribution in [1.29, 1.82) is 0 Å². The number of fused-ring (bicyclic) bond motifs is 1. The number of aromatic nitrogens is 2. The Bertz CT molecular complexity index is 785. The standard InChI is InChI=1S/C15H13ClF3N3O/c1-8-6-20-22-9(2)7-21(14(23)13(8)22)10-3-4-11(12(16)5-10)15(17,18)19/h3-6,9H,7H2,1-2H3. The van der Waals surface area contributed by atoms with Gasteiger partial charge in [0.2, 0.25) is 0 Å². The van der Waals surface area contributed by atoms with Gasteiger partial charge in [-0.2, -0.15) is 18.3 Å². The van der Waals surface area contributed by atoms with Crippen LogP contribution in [0.3, 0.4) is 0 Å². The summed E-state index contributed by atoms with van der Waals surface area (Å²) in [7, 11) is 0. The largest absolute Gasteiger partial charge is 0.417 e. The number of anilines is 1. The van der Waals surface area contributed by atoms with Crippen LogP contribution in [0.5, 0.6) is 0 Å². The second-order valence-electron chi connectivity index (χ2n) is 5.55. The molecule has 122 valence electrons. The van der Waals surface area contributed by atoms with Gasteiger partial charge in [-0.15, -0.1) is 0 Å². The summed E-state index contributed by atoms with van der Waals surface area (Å²) in [6.45, 7) is 3.97. The third kappa shape index (κ3) is 2.59. The lowest BCUT2D eigenvalue weighted by molar-refractivity contribution is -0.137. The van der Waals surface area contributed by atoms with Crippen molar-refractivity contribution >= 4 is 23.2 Å². The second kappa shape index (κ2) is 5.26. The number of amides is 1. The number of carbonyl (C=O) groups excluding carboxylic acids is 1. The summed E-state index contributed by atoms with van der Waals surface area (Å²) in [5.41, 5.74) is 0.595. The quantitative estimate of drug-likeness (QED) is 0.782. The maximum Gasteiger partial charge on any atom is 0.417 e. The van der Waals surface area contributed by atoms with E-state index in [9.17, 15) is 18.0 Å². The summed E-state index contributed by atoms with van der Waals surface area (Å²) in [6, 6.07) is 3.25. The van der Waals surface area contributed by atoms with E-state index in [-0.39, 0.29) is 11.9 Å². The van der Waals surface area contributed by atoms with Gasteiger partial charge in [0.25, 0.3) is 5.91 Å². The normalized spacial score (nSPS) is 18.3. The predicted octanol–water partition coefficient (Wildman–Crippen LogP) is 4.09. The minimum Gasteiger partial charge on any atom is -0.305 e. The zero-order valence-electron chi connectivity index (χ0n) is 12.4. The van der Waals surface area contributed by atoms with E-state index in [2.05, 4.69) is 5.10 Å². The third-order valence-electron chi connectivity index (χ3n) is 3.86. The lowest BCUT2D eigenvalue weighted by atomic mass is 10.1. The molecule has 0 fully saturated rings. The molecule has 1 unspecified atom stereocenters. The minimum atomic E-state index is -4.52. The van der Waals surface area contributed by atoms with E-state index in [0.717, 1.165) is 11.6 Å². The first-order valence-corrected chi connectivity index (χ1v) is 7.30. The van der Waals surface area contributed by atoms with Crippen LogP contribution in [0.2, 0.25) is 5.02 Å². The highest BCUT2D eigenvalue weighted by Crippen LogP contribution is 2.37. The van der Waals surface area contributed by atoms with Crippen molar-refractivity contribution in [1.82, 2.24) is 9.78 Å². The van der Waals surface area contributed by atoms with Crippen molar-refractivity contribution in [3.63, 3.8) is 0 Å². The van der Waals surface area contributed by atoms with Crippen LogP contribution in [0.15, 0.2) is 24.4 Å². The molecule has 1 amide bonds. The molecule has 1 aliphatic heterocycles. The van der Waals surface area contributed by atoms with Crippen LogP contribution < -0.4 is 4.90 Å². The molecule has 0 spiro atoms. The number of hydrogen-bond acceptors (Lipinski definition) is 2. The Morgan fingerprint density at radius 1 is 1.35 bits per heavy atom. The van der Waals surface area contributed by atoms with E-state index < -0.39 is 16.8 Å². The summed E-state index contributed by atoms with van der Waals surface area (Å²) >= 11 is 5.75. The number of benzene rings is 1. The van der Waals surface area contributed by atoms with Crippen molar-refractivity contribution in [2.24, 2.45) is 0 Å². The fourth-order valence-corrected chi connectivity index (χ4v) is 3.01. The monoisotopic (exact) mass is 343 g/mol. The van der Waals surface area contributed by atoms with E-state index in [1.807, 2.05) is 6.92 Å². The fraction of sp³-hybridized carbons (Fsp3) is 0.333. The topological polar surface area (TPSA) is 38.1 Å². The van der Waals surface area contributed by atoms with Gasteiger partial charge in [-0.3, -0.25) is 9.48 Å². The summed E-state index contributed by atoms with van der Waals surface area (Å²) in [4.78, 5) is 14.1. The molecule has 0 saturated heterocycles. The van der Waals surface area contributed by atoms with Crippen LogP contribution in [-0.2, 0) is 6.18 Å². The highest BCUT2D eigenvalue weighted by molar-refractivity contribution is 6.31. The highest BCUT2D eigenvalue weighted by atomic mass is 35.5. The van der Waals surface area contributed by atoms with Crippen molar-refractivity contribution in [3.05, 3.63) is 46.2 Å². The van der Waals surface area contributed by atoms with Crippen molar-refractivity contribution in [2.75, 3.05) is 11.4 Å². The Labute approximate surface area is 135 Å². The second-order valence-corrected chi connectivity index (χ2v) is 5.95. The molecule has 8 heteroatoms. The van der Waals surface area contributed by atoms with Crippen LogP contribution in [0.25, 0.3) is 0 Å². The van der Waals surface area contributed by atoms with Gasteiger partial charge < -0.3 is 4.90 Å². The van der Waals surface area contributed by atoms with Crippen LogP contribution >= 0.6 is 11.6 Å². The zero-order chi connectivity index (χ0) is 16.9. The zero-order valence-corrected chi connectivity index (χ0v) is 13.1. The van der Waals surface area contributed by atoms with Crippen LogP contribution in [0.4, 0.5) is 18.9 Å². The number of rotatable bonds is 1. The smallest absolute Gasteiger partial charge is 0.305 e. The first kappa shape index (κ1) is 15.9. The fourth-order valence-electron chi connectivity index (χ4n) is 2.73. The SMILES string of the molecule is Cc1cnn2c1C(=O)N(c1ccc(C(F)(F)F)c(Cl)c1)CC2C. The minimum absolute atomic E-state index is 0.0857. The third-order valence-corrected chi connectivity index (χ3v) is 4.17. The highest BCUT2D eigenvalue weighted by Gasteiger charge is 2.35. The molecule has 2 heterocycles. The van der Waals surface area contributed by atoms with Gasteiger partial charge in [0.1, 0.15) is 5.69 Å². The Kier molecular flexibility index (Phi) is 3.63. The van der Waals surface area contributed by atoms with Gasteiger partial charge in [0.05, 0.1) is 22.8 Å². The molecule has 1 aliphatic rings. The number of hydrogen-bond donors (Lipinski definition) is 0. The predicted molar refractivity (Wildman–Crippen MR) is 79.8 cm³/mol. The van der Waals surface area contributed by atoms with Gasteiger partial charge in [0.15, 0.2) is 0 Å². The van der Waals surface area contributed by atoms with Crippen LogP contribution in [-0.4, -0.2) is 22.2 Å². The van der Waals surface area contributed by atoms with E-state index in [0.29, 0.717) is 17.9 Å². The maximum atomic E-state index is 12.8. The summed E-state index contributed by atoms with van der Waals surface area (Å²) in [5.74, 6) is -0.297. The number of carbonyl (C=O) groups is 1. The summed E-state index contributed by atoms with van der Waals surface area (Å²) < 4.78 is 40.0. The van der Waals surface area contributed by atoms with Crippen molar-refractivity contribution in [3.8, 4) is 0 Å². The van der Waals surface area contributed by atoms with Crippen molar-refractivity contribution < 1.29 is 18.0 Å².